The van der Waals surface area contributed by atoms with Crippen LogP contribution in [0.5, 0.6) is 0 Å². The predicted molar refractivity (Wildman–Crippen MR) is 116 cm³/mol. The molecule has 0 saturated heterocycles. The summed E-state index contributed by atoms with van der Waals surface area (Å²) in [4.78, 5) is 9.03. The number of halogens is 1. The van der Waals surface area contributed by atoms with E-state index < -0.39 is 0 Å². The first-order valence-electron chi connectivity index (χ1n) is 9.64. The first kappa shape index (κ1) is 17.4. The lowest BCUT2D eigenvalue weighted by atomic mass is 10.1. The second-order valence-corrected chi connectivity index (χ2v) is 8.12. The predicted octanol–water partition coefficient (Wildman–Crippen LogP) is 5.49. The molecule has 0 atom stereocenters. The van der Waals surface area contributed by atoms with Crippen molar-refractivity contribution in [3.05, 3.63) is 77.5 Å². The van der Waals surface area contributed by atoms with E-state index >= 15 is 0 Å². The van der Waals surface area contributed by atoms with Crippen molar-refractivity contribution in [3.8, 4) is 11.3 Å². The van der Waals surface area contributed by atoms with Gasteiger partial charge in [-0.05, 0) is 36.6 Å². The summed E-state index contributed by atoms with van der Waals surface area (Å²) in [6.45, 7) is 4.97. The fourth-order valence-corrected chi connectivity index (χ4v) is 4.31. The second kappa shape index (κ2) is 6.42. The average Bonchev–Trinajstić information content (AvgIpc) is 3.42. The smallest absolute Gasteiger partial charge is 0.105 e. The maximum absolute atomic E-state index is 6.46. The Balaban J connectivity index is 1.52. The zero-order chi connectivity index (χ0) is 19.4. The summed E-state index contributed by atoms with van der Waals surface area (Å²) in [5, 5.41) is 0.760. The Labute approximate surface area is 170 Å². The third-order valence-corrected chi connectivity index (χ3v) is 6.19. The van der Waals surface area contributed by atoms with E-state index in [0.717, 1.165) is 28.6 Å². The number of aromatic nitrogens is 2. The molecule has 28 heavy (non-hydrogen) atoms. The maximum atomic E-state index is 6.46. The van der Waals surface area contributed by atoms with E-state index in [1.165, 1.54) is 35.5 Å². The molecule has 1 aliphatic heterocycles. The lowest BCUT2D eigenvalue weighted by molar-refractivity contribution is 0.743. The molecule has 4 nitrogen and oxygen atoms in total. The third kappa shape index (κ3) is 2.71. The lowest BCUT2D eigenvalue weighted by Gasteiger charge is -2.15. The summed E-state index contributed by atoms with van der Waals surface area (Å²) in [5.74, 6) is 1.58. The monoisotopic (exact) mass is 390 g/mol. The Bertz CT molecular complexity index is 1080. The molecule has 0 spiro atoms. The molecule has 0 unspecified atom stereocenters. The van der Waals surface area contributed by atoms with Gasteiger partial charge < -0.3 is 14.4 Å². The normalized spacial score (nSPS) is 16.0. The van der Waals surface area contributed by atoms with Gasteiger partial charge in [0, 0.05) is 37.8 Å². The van der Waals surface area contributed by atoms with Crippen LogP contribution in [0, 0.1) is 0 Å². The molecular weight excluding hydrogens is 368 g/mol. The van der Waals surface area contributed by atoms with E-state index in [1.54, 1.807) is 0 Å². The molecule has 2 aromatic carbocycles. The van der Waals surface area contributed by atoms with E-state index in [1.807, 2.05) is 24.5 Å². The molecule has 3 aromatic rings. The highest BCUT2D eigenvalue weighted by Crippen LogP contribution is 2.45. The highest BCUT2D eigenvalue weighted by Gasteiger charge is 2.31. The number of imidazole rings is 1. The molecule has 0 N–H and O–H groups in total. The molecule has 2 aliphatic rings. The molecule has 0 amide bonds. The van der Waals surface area contributed by atoms with Crippen LogP contribution in [0.4, 0.5) is 11.4 Å². The minimum absolute atomic E-state index is 0.580. The second-order valence-electron chi connectivity index (χ2n) is 7.72. The topological polar surface area (TPSA) is 24.3 Å². The summed E-state index contributed by atoms with van der Waals surface area (Å²) in [6, 6.07) is 14.6. The van der Waals surface area contributed by atoms with Gasteiger partial charge in [0.2, 0.25) is 0 Å². The molecule has 1 fully saturated rings. The molecule has 1 aliphatic carbocycles. The number of rotatable bonds is 4. The van der Waals surface area contributed by atoms with Gasteiger partial charge in [-0.15, -0.1) is 0 Å². The first-order chi connectivity index (χ1) is 13.5. The summed E-state index contributed by atoms with van der Waals surface area (Å²) < 4.78 is 2.30. The average molecular weight is 391 g/mol. The SMILES string of the molecule is C=C1N(C)c2ccc(Cn3cnc(-c4ccccc4Cl)c3C3CC3)cc2N1C. The van der Waals surface area contributed by atoms with E-state index in [2.05, 4.69) is 59.3 Å². The van der Waals surface area contributed by atoms with Crippen LogP contribution in [0.25, 0.3) is 11.3 Å². The standard InChI is InChI=1S/C23H23ClN4/c1-15-26(2)20-11-8-16(12-21(20)27(15)3)13-28-14-25-22(23(28)17-9-10-17)18-6-4-5-7-19(18)24/h4-8,11-12,14,17H,1,9-10,13H2,2-3H3. The van der Waals surface area contributed by atoms with Crippen molar-refractivity contribution in [2.75, 3.05) is 23.9 Å². The molecule has 5 rings (SSSR count). The highest BCUT2D eigenvalue weighted by atomic mass is 35.5. The molecule has 1 aromatic heterocycles. The van der Waals surface area contributed by atoms with Gasteiger partial charge in [-0.1, -0.05) is 42.4 Å². The van der Waals surface area contributed by atoms with Crippen molar-refractivity contribution in [1.82, 2.24) is 9.55 Å². The Hall–Kier alpha value is -2.72. The zero-order valence-electron chi connectivity index (χ0n) is 16.2. The molecule has 2 heterocycles. The van der Waals surface area contributed by atoms with Crippen molar-refractivity contribution in [2.24, 2.45) is 0 Å². The minimum Gasteiger partial charge on any atom is -0.330 e. The molecule has 5 heteroatoms. The van der Waals surface area contributed by atoms with Gasteiger partial charge in [-0.2, -0.15) is 0 Å². The van der Waals surface area contributed by atoms with Crippen LogP contribution in [0.15, 0.2) is 61.2 Å². The van der Waals surface area contributed by atoms with Gasteiger partial charge in [0.25, 0.3) is 0 Å². The maximum Gasteiger partial charge on any atom is 0.105 e. The van der Waals surface area contributed by atoms with Crippen LogP contribution in [0.1, 0.15) is 30.0 Å². The molecule has 0 bridgehead atoms. The van der Waals surface area contributed by atoms with E-state index in [-0.39, 0.29) is 0 Å². The van der Waals surface area contributed by atoms with Crippen LogP contribution in [-0.4, -0.2) is 23.6 Å². The molecule has 0 radical (unpaired) electrons. The number of fused-ring (bicyclic) bond motifs is 1. The van der Waals surface area contributed by atoms with Crippen LogP contribution in [0.3, 0.4) is 0 Å². The van der Waals surface area contributed by atoms with Gasteiger partial charge >= 0.3 is 0 Å². The summed E-state index contributed by atoms with van der Waals surface area (Å²) in [5.41, 5.74) is 7.02. The first-order valence-corrected chi connectivity index (χ1v) is 10.0. The van der Waals surface area contributed by atoms with Crippen LogP contribution >= 0.6 is 11.6 Å². The summed E-state index contributed by atoms with van der Waals surface area (Å²) in [7, 11) is 4.12. The highest BCUT2D eigenvalue weighted by molar-refractivity contribution is 6.33. The van der Waals surface area contributed by atoms with Crippen LogP contribution < -0.4 is 9.80 Å². The third-order valence-electron chi connectivity index (χ3n) is 5.86. The summed E-state index contributed by atoms with van der Waals surface area (Å²) >= 11 is 6.46. The summed E-state index contributed by atoms with van der Waals surface area (Å²) in [6.07, 6.45) is 4.41. The Morgan fingerprint density at radius 1 is 1.07 bits per heavy atom. The number of hydrogen-bond acceptors (Lipinski definition) is 3. The van der Waals surface area contributed by atoms with Gasteiger partial charge in [-0.25, -0.2) is 4.98 Å². The molecule has 142 valence electrons. The number of anilines is 2. The molecular formula is C23H23ClN4. The fraction of sp³-hybridized carbons (Fsp3) is 0.261. The number of nitrogens with zero attached hydrogens (tertiary/aromatic N) is 4. The van der Waals surface area contributed by atoms with Crippen molar-refractivity contribution in [3.63, 3.8) is 0 Å². The van der Waals surface area contributed by atoms with Crippen molar-refractivity contribution in [2.45, 2.75) is 25.3 Å². The van der Waals surface area contributed by atoms with Crippen LogP contribution in [0.2, 0.25) is 5.02 Å². The molecule has 1 saturated carbocycles. The van der Waals surface area contributed by atoms with Crippen LogP contribution in [-0.2, 0) is 6.54 Å². The Kier molecular flexibility index (Phi) is 3.98. The largest absolute Gasteiger partial charge is 0.330 e. The Morgan fingerprint density at radius 2 is 1.82 bits per heavy atom. The number of benzene rings is 2. The Morgan fingerprint density at radius 3 is 2.57 bits per heavy atom. The minimum atomic E-state index is 0.580. The van der Waals surface area contributed by atoms with Gasteiger partial charge in [0.1, 0.15) is 5.82 Å². The fourth-order valence-electron chi connectivity index (χ4n) is 4.08. The van der Waals surface area contributed by atoms with Crippen molar-refractivity contribution < 1.29 is 0 Å². The van der Waals surface area contributed by atoms with Gasteiger partial charge in [0.05, 0.1) is 28.4 Å². The van der Waals surface area contributed by atoms with Crippen molar-refractivity contribution in [1.29, 1.82) is 0 Å². The van der Waals surface area contributed by atoms with E-state index in [4.69, 9.17) is 16.6 Å². The number of hydrogen-bond donors (Lipinski definition) is 0. The lowest BCUT2D eigenvalue weighted by Crippen LogP contribution is -2.20. The van der Waals surface area contributed by atoms with Gasteiger partial charge in [0.15, 0.2) is 0 Å². The van der Waals surface area contributed by atoms with Gasteiger partial charge in [-0.3, -0.25) is 0 Å². The van der Waals surface area contributed by atoms with Crippen molar-refractivity contribution >= 4 is 23.0 Å². The zero-order valence-corrected chi connectivity index (χ0v) is 16.9. The van der Waals surface area contributed by atoms with E-state index in [9.17, 15) is 0 Å². The van der Waals surface area contributed by atoms with E-state index in [0.29, 0.717) is 5.92 Å². The quantitative estimate of drug-likeness (QED) is 0.589.